The van der Waals surface area contributed by atoms with Crippen LogP contribution in [-0.4, -0.2) is 30.4 Å². The number of amides is 1. The Morgan fingerprint density at radius 3 is 2.48 bits per heavy atom. The summed E-state index contributed by atoms with van der Waals surface area (Å²) in [6.07, 6.45) is 3.03. The molecule has 0 radical (unpaired) electrons. The standard InChI is InChI=1S/C17H25FN2O/c1-13(2)7-10-20-11-8-14(9-12-20)17(21)19-16-5-3-15(18)4-6-16/h3-6,13-14H,7-12H2,1-2H3,(H,19,21). The zero-order valence-corrected chi connectivity index (χ0v) is 12.9. The molecular weight excluding hydrogens is 267 g/mol. The molecule has 1 aromatic carbocycles. The second kappa shape index (κ2) is 7.55. The fraction of sp³-hybridized carbons (Fsp3) is 0.588. The van der Waals surface area contributed by atoms with Crippen LogP contribution in [0.5, 0.6) is 0 Å². The molecule has 1 aromatic rings. The van der Waals surface area contributed by atoms with Gasteiger partial charge in [0.15, 0.2) is 0 Å². The van der Waals surface area contributed by atoms with Crippen molar-refractivity contribution < 1.29 is 9.18 Å². The SMILES string of the molecule is CC(C)CCN1CCC(C(=O)Nc2ccc(F)cc2)CC1. The Bertz CT molecular complexity index is 450. The Balaban J connectivity index is 1.76. The van der Waals surface area contributed by atoms with E-state index in [1.165, 1.54) is 18.6 Å². The van der Waals surface area contributed by atoms with Crippen LogP contribution in [0.4, 0.5) is 10.1 Å². The average Bonchev–Trinajstić information content (AvgIpc) is 2.48. The maximum absolute atomic E-state index is 12.8. The Morgan fingerprint density at radius 2 is 1.90 bits per heavy atom. The zero-order valence-electron chi connectivity index (χ0n) is 12.9. The number of likely N-dealkylation sites (tertiary alicyclic amines) is 1. The van der Waals surface area contributed by atoms with Crippen molar-refractivity contribution in [3.63, 3.8) is 0 Å². The van der Waals surface area contributed by atoms with Gasteiger partial charge >= 0.3 is 0 Å². The van der Waals surface area contributed by atoms with Gasteiger partial charge in [-0.25, -0.2) is 4.39 Å². The van der Waals surface area contributed by atoms with Gasteiger partial charge in [0.25, 0.3) is 0 Å². The number of carbonyl (C=O) groups is 1. The van der Waals surface area contributed by atoms with E-state index in [0.717, 1.165) is 38.4 Å². The molecule has 1 fully saturated rings. The lowest BCUT2D eigenvalue weighted by atomic mass is 9.95. The Morgan fingerprint density at radius 1 is 1.29 bits per heavy atom. The quantitative estimate of drug-likeness (QED) is 0.900. The Hall–Kier alpha value is -1.42. The average molecular weight is 292 g/mol. The minimum Gasteiger partial charge on any atom is -0.326 e. The molecule has 0 bridgehead atoms. The number of carbonyl (C=O) groups excluding carboxylic acids is 1. The van der Waals surface area contributed by atoms with Crippen LogP contribution in [-0.2, 0) is 4.79 Å². The van der Waals surface area contributed by atoms with Crippen LogP contribution < -0.4 is 5.32 Å². The van der Waals surface area contributed by atoms with Crippen molar-refractivity contribution in [1.29, 1.82) is 0 Å². The molecule has 0 unspecified atom stereocenters. The number of hydrogen-bond acceptors (Lipinski definition) is 2. The molecule has 4 heteroatoms. The Labute approximate surface area is 126 Å². The zero-order chi connectivity index (χ0) is 15.2. The number of rotatable bonds is 5. The highest BCUT2D eigenvalue weighted by Crippen LogP contribution is 2.20. The normalized spacial score (nSPS) is 17.1. The molecular formula is C17H25FN2O. The van der Waals surface area contributed by atoms with E-state index in [1.54, 1.807) is 12.1 Å². The van der Waals surface area contributed by atoms with Gasteiger partial charge < -0.3 is 10.2 Å². The van der Waals surface area contributed by atoms with Gasteiger partial charge in [-0.15, -0.1) is 0 Å². The van der Waals surface area contributed by atoms with Gasteiger partial charge in [0.05, 0.1) is 0 Å². The van der Waals surface area contributed by atoms with Gasteiger partial charge in [-0.05, 0) is 69.1 Å². The molecule has 3 nitrogen and oxygen atoms in total. The first-order valence-corrected chi connectivity index (χ1v) is 7.83. The van der Waals surface area contributed by atoms with E-state index in [2.05, 4.69) is 24.1 Å². The molecule has 0 atom stereocenters. The van der Waals surface area contributed by atoms with Crippen LogP contribution in [0.3, 0.4) is 0 Å². The lowest BCUT2D eigenvalue weighted by molar-refractivity contribution is -0.121. The van der Waals surface area contributed by atoms with Crippen LogP contribution in [0, 0.1) is 17.7 Å². The van der Waals surface area contributed by atoms with Gasteiger partial charge in [-0.3, -0.25) is 4.79 Å². The van der Waals surface area contributed by atoms with E-state index in [9.17, 15) is 9.18 Å². The molecule has 0 spiro atoms. The van der Waals surface area contributed by atoms with E-state index >= 15 is 0 Å². The molecule has 1 aliphatic rings. The van der Waals surface area contributed by atoms with Crippen LogP contribution in [0.1, 0.15) is 33.1 Å². The van der Waals surface area contributed by atoms with Crippen molar-refractivity contribution in [3.8, 4) is 0 Å². The molecule has 0 aliphatic carbocycles. The lowest BCUT2D eigenvalue weighted by Gasteiger charge is -2.31. The smallest absolute Gasteiger partial charge is 0.227 e. The highest BCUT2D eigenvalue weighted by Gasteiger charge is 2.24. The van der Waals surface area contributed by atoms with Crippen molar-refractivity contribution in [1.82, 2.24) is 4.90 Å². The maximum atomic E-state index is 12.8. The van der Waals surface area contributed by atoms with Gasteiger partial charge in [0.2, 0.25) is 5.91 Å². The summed E-state index contributed by atoms with van der Waals surface area (Å²) in [6, 6.07) is 5.93. The molecule has 21 heavy (non-hydrogen) atoms. The molecule has 1 saturated heterocycles. The second-order valence-corrected chi connectivity index (χ2v) is 6.29. The largest absolute Gasteiger partial charge is 0.326 e. The topological polar surface area (TPSA) is 32.3 Å². The maximum Gasteiger partial charge on any atom is 0.227 e. The molecule has 2 rings (SSSR count). The van der Waals surface area contributed by atoms with Crippen molar-refractivity contribution in [3.05, 3.63) is 30.1 Å². The van der Waals surface area contributed by atoms with Gasteiger partial charge in [0, 0.05) is 11.6 Å². The predicted molar refractivity (Wildman–Crippen MR) is 83.6 cm³/mol. The number of hydrogen-bond donors (Lipinski definition) is 1. The molecule has 116 valence electrons. The van der Waals surface area contributed by atoms with Crippen molar-refractivity contribution in [2.24, 2.45) is 11.8 Å². The summed E-state index contributed by atoms with van der Waals surface area (Å²) in [4.78, 5) is 14.6. The minimum absolute atomic E-state index is 0.0603. The summed E-state index contributed by atoms with van der Waals surface area (Å²) in [7, 11) is 0. The van der Waals surface area contributed by atoms with Crippen molar-refractivity contribution in [2.75, 3.05) is 25.0 Å². The number of halogens is 1. The minimum atomic E-state index is -0.286. The monoisotopic (exact) mass is 292 g/mol. The number of anilines is 1. The van der Waals surface area contributed by atoms with E-state index in [4.69, 9.17) is 0 Å². The van der Waals surface area contributed by atoms with Crippen LogP contribution in [0.15, 0.2) is 24.3 Å². The van der Waals surface area contributed by atoms with E-state index in [-0.39, 0.29) is 17.6 Å². The summed E-state index contributed by atoms with van der Waals surface area (Å²) < 4.78 is 12.8. The number of nitrogens with one attached hydrogen (secondary N) is 1. The molecule has 1 amide bonds. The molecule has 1 aliphatic heterocycles. The number of benzene rings is 1. The summed E-state index contributed by atoms with van der Waals surface area (Å²) in [5.41, 5.74) is 0.670. The lowest BCUT2D eigenvalue weighted by Crippen LogP contribution is -2.38. The molecule has 0 aromatic heterocycles. The second-order valence-electron chi connectivity index (χ2n) is 6.29. The molecule has 0 saturated carbocycles. The fourth-order valence-electron chi connectivity index (χ4n) is 2.64. The highest BCUT2D eigenvalue weighted by molar-refractivity contribution is 5.92. The van der Waals surface area contributed by atoms with Crippen LogP contribution in [0.2, 0.25) is 0 Å². The summed E-state index contributed by atoms with van der Waals surface area (Å²) in [6.45, 7) is 7.60. The number of nitrogens with zero attached hydrogens (tertiary/aromatic N) is 1. The molecule has 1 N–H and O–H groups in total. The summed E-state index contributed by atoms with van der Waals surface area (Å²) in [5, 5.41) is 2.88. The summed E-state index contributed by atoms with van der Waals surface area (Å²) in [5.74, 6) is 0.575. The first-order chi connectivity index (χ1) is 10.0. The third-order valence-corrected chi connectivity index (χ3v) is 4.09. The highest BCUT2D eigenvalue weighted by atomic mass is 19.1. The Kier molecular flexibility index (Phi) is 5.74. The van der Waals surface area contributed by atoms with Crippen LogP contribution in [0.25, 0.3) is 0 Å². The third-order valence-electron chi connectivity index (χ3n) is 4.09. The van der Waals surface area contributed by atoms with Crippen molar-refractivity contribution in [2.45, 2.75) is 33.1 Å². The van der Waals surface area contributed by atoms with E-state index < -0.39 is 0 Å². The van der Waals surface area contributed by atoms with E-state index in [0.29, 0.717) is 5.69 Å². The van der Waals surface area contributed by atoms with Gasteiger partial charge in [0.1, 0.15) is 5.82 Å². The van der Waals surface area contributed by atoms with Gasteiger partial charge in [-0.1, -0.05) is 13.8 Å². The fourth-order valence-corrected chi connectivity index (χ4v) is 2.64. The van der Waals surface area contributed by atoms with Crippen LogP contribution >= 0.6 is 0 Å². The van der Waals surface area contributed by atoms with Gasteiger partial charge in [-0.2, -0.15) is 0 Å². The van der Waals surface area contributed by atoms with E-state index in [1.807, 2.05) is 0 Å². The first-order valence-electron chi connectivity index (χ1n) is 7.83. The summed E-state index contributed by atoms with van der Waals surface area (Å²) >= 11 is 0. The third kappa shape index (κ3) is 5.12. The first kappa shape index (κ1) is 16.0. The molecule has 1 heterocycles. The number of piperidine rings is 1. The van der Waals surface area contributed by atoms with Crippen molar-refractivity contribution >= 4 is 11.6 Å². The predicted octanol–water partition coefficient (Wildman–Crippen LogP) is 3.52.